The lowest BCUT2D eigenvalue weighted by Gasteiger charge is -2.32. The lowest BCUT2D eigenvalue weighted by atomic mass is 9.85. The number of hydrogen-bond acceptors (Lipinski definition) is 4. The molecule has 5 heteroatoms. The van der Waals surface area contributed by atoms with Crippen LogP contribution in [0.2, 0.25) is 0 Å². The summed E-state index contributed by atoms with van der Waals surface area (Å²) < 4.78 is 0. The summed E-state index contributed by atoms with van der Waals surface area (Å²) in [5, 5.41) is 8.04. The standard InChI is InChI=1S/C13H18N4O/c14-13(18)10-5-6-12(16-15-10)17-8-7-9-3-1-2-4-11(9)17/h5-6,9,11H,1-4,7-8H2,(H2,14,18). The number of hydrogen-bond donors (Lipinski definition) is 1. The van der Waals surface area contributed by atoms with Crippen LogP contribution in [0.5, 0.6) is 0 Å². The van der Waals surface area contributed by atoms with Gasteiger partial charge < -0.3 is 10.6 Å². The van der Waals surface area contributed by atoms with Crippen LogP contribution in [-0.2, 0) is 0 Å². The van der Waals surface area contributed by atoms with E-state index in [1.807, 2.05) is 6.07 Å². The Kier molecular flexibility index (Phi) is 2.89. The summed E-state index contributed by atoms with van der Waals surface area (Å²) in [7, 11) is 0. The predicted molar refractivity (Wildman–Crippen MR) is 68.3 cm³/mol. The predicted octanol–water partition coefficient (Wildman–Crippen LogP) is 1.34. The van der Waals surface area contributed by atoms with Gasteiger partial charge in [-0.3, -0.25) is 4.79 Å². The average Bonchev–Trinajstić information content (AvgIpc) is 2.82. The zero-order chi connectivity index (χ0) is 12.5. The lowest BCUT2D eigenvalue weighted by molar-refractivity contribution is 0.0994. The zero-order valence-electron chi connectivity index (χ0n) is 10.4. The molecule has 18 heavy (non-hydrogen) atoms. The highest BCUT2D eigenvalue weighted by Gasteiger charge is 2.36. The van der Waals surface area contributed by atoms with Crippen molar-refractivity contribution in [2.24, 2.45) is 11.7 Å². The molecule has 0 spiro atoms. The molecule has 1 aromatic heterocycles. The number of nitrogens with zero attached hydrogens (tertiary/aromatic N) is 3. The van der Waals surface area contributed by atoms with Crippen molar-refractivity contribution in [2.75, 3.05) is 11.4 Å². The van der Waals surface area contributed by atoms with Gasteiger partial charge in [0.1, 0.15) is 0 Å². The normalized spacial score (nSPS) is 27.0. The van der Waals surface area contributed by atoms with Gasteiger partial charge >= 0.3 is 0 Å². The molecule has 2 heterocycles. The fourth-order valence-corrected chi connectivity index (χ4v) is 3.30. The quantitative estimate of drug-likeness (QED) is 0.854. The largest absolute Gasteiger partial charge is 0.364 e. The van der Waals surface area contributed by atoms with Crippen LogP contribution in [0.1, 0.15) is 42.6 Å². The van der Waals surface area contributed by atoms with Crippen molar-refractivity contribution in [2.45, 2.75) is 38.1 Å². The topological polar surface area (TPSA) is 72.1 Å². The van der Waals surface area contributed by atoms with Gasteiger partial charge in [-0.2, -0.15) is 0 Å². The Morgan fingerprint density at radius 3 is 2.78 bits per heavy atom. The Morgan fingerprint density at radius 2 is 2.06 bits per heavy atom. The summed E-state index contributed by atoms with van der Waals surface area (Å²) in [4.78, 5) is 13.3. The minimum Gasteiger partial charge on any atom is -0.364 e. The maximum atomic E-state index is 11.0. The molecular formula is C13H18N4O. The number of rotatable bonds is 2. The Balaban J connectivity index is 1.80. The minimum absolute atomic E-state index is 0.234. The maximum absolute atomic E-state index is 11.0. The minimum atomic E-state index is -0.522. The van der Waals surface area contributed by atoms with E-state index in [2.05, 4.69) is 15.1 Å². The summed E-state index contributed by atoms with van der Waals surface area (Å²) >= 11 is 0. The number of aromatic nitrogens is 2. The van der Waals surface area contributed by atoms with Crippen molar-refractivity contribution in [1.29, 1.82) is 0 Å². The summed E-state index contributed by atoms with van der Waals surface area (Å²) in [5.74, 6) is 1.18. The molecule has 0 bridgehead atoms. The second-order valence-electron chi connectivity index (χ2n) is 5.23. The molecule has 1 aliphatic carbocycles. The summed E-state index contributed by atoms with van der Waals surface area (Å²) in [6, 6.07) is 4.15. The number of amides is 1. The van der Waals surface area contributed by atoms with Crippen molar-refractivity contribution in [3.63, 3.8) is 0 Å². The number of anilines is 1. The maximum Gasteiger partial charge on any atom is 0.269 e. The van der Waals surface area contributed by atoms with Crippen LogP contribution in [0.3, 0.4) is 0 Å². The summed E-state index contributed by atoms with van der Waals surface area (Å²) in [6.45, 7) is 1.06. The molecule has 2 fully saturated rings. The van der Waals surface area contributed by atoms with Crippen LogP contribution >= 0.6 is 0 Å². The number of carbonyl (C=O) groups is 1. The van der Waals surface area contributed by atoms with Crippen LogP contribution in [-0.4, -0.2) is 28.7 Å². The molecule has 5 nitrogen and oxygen atoms in total. The third-order valence-corrected chi connectivity index (χ3v) is 4.21. The van der Waals surface area contributed by atoms with Crippen LogP contribution in [0.4, 0.5) is 5.82 Å². The van der Waals surface area contributed by atoms with Crippen molar-refractivity contribution < 1.29 is 4.79 Å². The van der Waals surface area contributed by atoms with E-state index >= 15 is 0 Å². The molecule has 2 atom stereocenters. The molecule has 2 aliphatic rings. The Bertz CT molecular complexity index is 445. The molecule has 2 N–H and O–H groups in total. The highest BCUT2D eigenvalue weighted by molar-refractivity contribution is 5.90. The third kappa shape index (κ3) is 1.94. The first-order valence-electron chi connectivity index (χ1n) is 6.66. The SMILES string of the molecule is NC(=O)c1ccc(N2CCC3CCCCC32)nn1. The Labute approximate surface area is 106 Å². The highest BCUT2D eigenvalue weighted by Crippen LogP contribution is 2.37. The molecule has 2 unspecified atom stereocenters. The monoisotopic (exact) mass is 246 g/mol. The average molecular weight is 246 g/mol. The molecule has 3 rings (SSSR count). The first kappa shape index (κ1) is 11.4. The Hall–Kier alpha value is -1.65. The van der Waals surface area contributed by atoms with Crippen LogP contribution in [0.15, 0.2) is 12.1 Å². The van der Waals surface area contributed by atoms with Crippen molar-refractivity contribution in [1.82, 2.24) is 10.2 Å². The van der Waals surface area contributed by atoms with E-state index in [-0.39, 0.29) is 5.69 Å². The van der Waals surface area contributed by atoms with Crippen LogP contribution < -0.4 is 10.6 Å². The van der Waals surface area contributed by atoms with Gasteiger partial charge in [-0.15, -0.1) is 10.2 Å². The second kappa shape index (κ2) is 4.55. The van der Waals surface area contributed by atoms with Gasteiger partial charge in [0.05, 0.1) is 0 Å². The summed E-state index contributed by atoms with van der Waals surface area (Å²) in [6.07, 6.45) is 6.52. The molecule has 1 aromatic rings. The Morgan fingerprint density at radius 1 is 1.22 bits per heavy atom. The molecule has 1 saturated carbocycles. The molecule has 1 saturated heterocycles. The number of primary amides is 1. The van der Waals surface area contributed by atoms with Gasteiger partial charge in [-0.05, 0) is 37.3 Å². The highest BCUT2D eigenvalue weighted by atomic mass is 16.1. The number of fused-ring (bicyclic) bond motifs is 1. The van der Waals surface area contributed by atoms with Crippen LogP contribution in [0, 0.1) is 5.92 Å². The van der Waals surface area contributed by atoms with E-state index in [0.717, 1.165) is 18.3 Å². The van der Waals surface area contributed by atoms with Gasteiger partial charge in [0.2, 0.25) is 0 Å². The molecule has 96 valence electrons. The summed E-state index contributed by atoms with van der Waals surface area (Å²) in [5.41, 5.74) is 5.40. The number of carbonyl (C=O) groups excluding carboxylic acids is 1. The molecular weight excluding hydrogens is 228 g/mol. The van der Waals surface area contributed by atoms with Crippen LogP contribution in [0.25, 0.3) is 0 Å². The van der Waals surface area contributed by atoms with Gasteiger partial charge in [-0.1, -0.05) is 12.8 Å². The smallest absolute Gasteiger partial charge is 0.269 e. The van der Waals surface area contributed by atoms with Crippen molar-refractivity contribution in [3.8, 4) is 0 Å². The van der Waals surface area contributed by atoms with E-state index in [0.29, 0.717) is 6.04 Å². The van der Waals surface area contributed by atoms with Gasteiger partial charge in [0, 0.05) is 12.6 Å². The number of nitrogens with two attached hydrogens (primary N) is 1. The van der Waals surface area contributed by atoms with E-state index in [1.165, 1.54) is 32.1 Å². The molecule has 1 amide bonds. The van der Waals surface area contributed by atoms with Crippen molar-refractivity contribution in [3.05, 3.63) is 17.8 Å². The third-order valence-electron chi connectivity index (χ3n) is 4.21. The van der Waals surface area contributed by atoms with E-state index in [9.17, 15) is 4.79 Å². The molecule has 0 aromatic carbocycles. The second-order valence-corrected chi connectivity index (χ2v) is 5.23. The van der Waals surface area contributed by atoms with Gasteiger partial charge in [0.15, 0.2) is 11.5 Å². The van der Waals surface area contributed by atoms with E-state index in [1.54, 1.807) is 6.07 Å². The fraction of sp³-hybridized carbons (Fsp3) is 0.615. The molecule has 0 radical (unpaired) electrons. The van der Waals surface area contributed by atoms with E-state index < -0.39 is 5.91 Å². The van der Waals surface area contributed by atoms with E-state index in [4.69, 9.17) is 5.73 Å². The van der Waals surface area contributed by atoms with Gasteiger partial charge in [-0.25, -0.2) is 0 Å². The first-order chi connectivity index (χ1) is 8.75. The fourth-order valence-electron chi connectivity index (χ4n) is 3.30. The lowest BCUT2D eigenvalue weighted by Crippen LogP contribution is -2.35. The first-order valence-corrected chi connectivity index (χ1v) is 6.66. The molecule has 1 aliphatic heterocycles. The van der Waals surface area contributed by atoms with Gasteiger partial charge in [0.25, 0.3) is 5.91 Å². The van der Waals surface area contributed by atoms with Crippen molar-refractivity contribution >= 4 is 11.7 Å². The zero-order valence-corrected chi connectivity index (χ0v) is 10.4.